The highest BCUT2D eigenvalue weighted by atomic mass is 14.8. The molecule has 1 nitrogen and oxygen atoms in total. The lowest BCUT2D eigenvalue weighted by Gasteiger charge is -2.00. The predicted molar refractivity (Wildman–Crippen MR) is 76.1 cm³/mol. The molecule has 0 spiro atoms. The van der Waals surface area contributed by atoms with Gasteiger partial charge in [-0.05, 0) is 35.4 Å². The van der Waals surface area contributed by atoms with E-state index >= 15 is 0 Å². The van der Waals surface area contributed by atoms with Crippen LogP contribution in [0.4, 0.5) is 0 Å². The molecule has 0 fully saturated rings. The quantitative estimate of drug-likeness (QED) is 0.762. The molecule has 0 aliphatic rings. The molecule has 88 valence electrons. The van der Waals surface area contributed by atoms with Crippen molar-refractivity contribution >= 4 is 16.8 Å². The van der Waals surface area contributed by atoms with E-state index in [1.165, 1.54) is 22.8 Å². The van der Waals surface area contributed by atoms with E-state index in [-0.39, 0.29) is 0 Å². The average Bonchev–Trinajstić information content (AvgIpc) is 2.38. The molecule has 2 rings (SSSR count). The molecule has 0 saturated carbocycles. The number of fused-ring (bicyclic) bond motifs is 1. The Labute approximate surface area is 103 Å². The van der Waals surface area contributed by atoms with Crippen LogP contribution in [-0.2, 0) is 0 Å². The van der Waals surface area contributed by atoms with Crippen molar-refractivity contribution < 1.29 is 0 Å². The average molecular weight is 225 g/mol. The van der Waals surface area contributed by atoms with Crippen LogP contribution in [0.3, 0.4) is 0 Å². The molecule has 0 atom stereocenters. The summed E-state index contributed by atoms with van der Waals surface area (Å²) in [5, 5.41) is 5.96. The summed E-state index contributed by atoms with van der Waals surface area (Å²) in [6, 6.07) is 15.0. The molecule has 0 unspecified atom stereocenters. The number of benzene rings is 2. The van der Waals surface area contributed by atoms with Crippen molar-refractivity contribution in [2.75, 3.05) is 13.1 Å². The van der Waals surface area contributed by atoms with Crippen LogP contribution in [0.5, 0.6) is 0 Å². The highest BCUT2D eigenvalue weighted by Crippen LogP contribution is 2.16. The first-order chi connectivity index (χ1) is 8.40. The molecule has 2 aromatic rings. The molecule has 0 amide bonds. The Kier molecular flexibility index (Phi) is 4.34. The van der Waals surface area contributed by atoms with Crippen LogP contribution in [0.25, 0.3) is 16.8 Å². The number of hydrogen-bond acceptors (Lipinski definition) is 1. The van der Waals surface area contributed by atoms with Crippen LogP contribution in [0.2, 0.25) is 0 Å². The third-order valence-electron chi connectivity index (χ3n) is 2.77. The van der Waals surface area contributed by atoms with Crippen LogP contribution < -0.4 is 5.32 Å². The van der Waals surface area contributed by atoms with Crippen LogP contribution >= 0.6 is 0 Å². The zero-order chi connectivity index (χ0) is 11.9. The van der Waals surface area contributed by atoms with Crippen molar-refractivity contribution in [2.24, 2.45) is 0 Å². The number of rotatable bonds is 5. The monoisotopic (exact) mass is 225 g/mol. The van der Waals surface area contributed by atoms with Gasteiger partial charge in [-0.15, -0.1) is 0 Å². The van der Waals surface area contributed by atoms with E-state index in [0.717, 1.165) is 13.1 Å². The molecular weight excluding hydrogens is 206 g/mol. The first-order valence-electron chi connectivity index (χ1n) is 6.26. The molecule has 17 heavy (non-hydrogen) atoms. The maximum Gasteiger partial charge on any atom is 0.0138 e. The van der Waals surface area contributed by atoms with E-state index in [1.807, 2.05) is 0 Å². The third kappa shape index (κ3) is 3.43. The Morgan fingerprint density at radius 1 is 1.06 bits per heavy atom. The second-order valence-electron chi connectivity index (χ2n) is 4.21. The van der Waals surface area contributed by atoms with Crippen LogP contribution in [0, 0.1) is 0 Å². The Morgan fingerprint density at radius 2 is 1.88 bits per heavy atom. The second kappa shape index (κ2) is 6.21. The smallest absolute Gasteiger partial charge is 0.0138 e. The summed E-state index contributed by atoms with van der Waals surface area (Å²) in [4.78, 5) is 0. The van der Waals surface area contributed by atoms with E-state index in [1.54, 1.807) is 0 Å². The lowest BCUT2D eigenvalue weighted by molar-refractivity contribution is 0.730. The van der Waals surface area contributed by atoms with Crippen molar-refractivity contribution in [3.63, 3.8) is 0 Å². The van der Waals surface area contributed by atoms with Crippen molar-refractivity contribution in [1.82, 2.24) is 5.32 Å². The summed E-state index contributed by atoms with van der Waals surface area (Å²) in [5.74, 6) is 0. The van der Waals surface area contributed by atoms with Gasteiger partial charge in [0.05, 0.1) is 0 Å². The fourth-order valence-electron chi connectivity index (χ4n) is 1.87. The summed E-state index contributed by atoms with van der Waals surface area (Å²) < 4.78 is 0. The zero-order valence-corrected chi connectivity index (χ0v) is 10.3. The molecule has 2 aromatic carbocycles. The standard InChI is InChI=1S/C16H19N/c1-2-11-17-12-5-6-14-9-10-15-7-3-4-8-16(15)13-14/h3-10,13,17H,2,11-12H2,1H3. The van der Waals surface area contributed by atoms with Crippen molar-refractivity contribution in [3.8, 4) is 0 Å². The van der Waals surface area contributed by atoms with Gasteiger partial charge in [0.2, 0.25) is 0 Å². The summed E-state index contributed by atoms with van der Waals surface area (Å²) in [7, 11) is 0. The van der Waals surface area contributed by atoms with Crippen molar-refractivity contribution in [2.45, 2.75) is 13.3 Å². The predicted octanol–water partition coefficient (Wildman–Crippen LogP) is 3.85. The fraction of sp³-hybridized carbons (Fsp3) is 0.250. The lowest BCUT2D eigenvalue weighted by Crippen LogP contribution is -2.13. The summed E-state index contributed by atoms with van der Waals surface area (Å²) in [5.41, 5.74) is 1.27. The van der Waals surface area contributed by atoms with Crippen LogP contribution in [0.1, 0.15) is 18.9 Å². The second-order valence-corrected chi connectivity index (χ2v) is 4.21. The minimum Gasteiger partial charge on any atom is -0.313 e. The van der Waals surface area contributed by atoms with Crippen molar-refractivity contribution in [1.29, 1.82) is 0 Å². The molecule has 0 aliphatic heterocycles. The highest BCUT2D eigenvalue weighted by Gasteiger charge is 1.92. The van der Waals surface area contributed by atoms with E-state index in [2.05, 4.69) is 66.9 Å². The van der Waals surface area contributed by atoms with Gasteiger partial charge < -0.3 is 5.32 Å². The van der Waals surface area contributed by atoms with Gasteiger partial charge in [-0.25, -0.2) is 0 Å². The van der Waals surface area contributed by atoms with Crippen molar-refractivity contribution in [3.05, 3.63) is 54.1 Å². The number of nitrogens with one attached hydrogen (secondary N) is 1. The molecule has 1 heteroatoms. The Hall–Kier alpha value is -1.60. The lowest BCUT2D eigenvalue weighted by atomic mass is 10.1. The molecule has 0 aromatic heterocycles. The van der Waals surface area contributed by atoms with Gasteiger partial charge in [-0.3, -0.25) is 0 Å². The molecule has 0 heterocycles. The molecule has 1 N–H and O–H groups in total. The van der Waals surface area contributed by atoms with Crippen LogP contribution in [0.15, 0.2) is 48.5 Å². The Bertz CT molecular complexity index is 500. The summed E-state index contributed by atoms with van der Waals surface area (Å²) in [6.07, 6.45) is 5.54. The largest absolute Gasteiger partial charge is 0.313 e. The zero-order valence-electron chi connectivity index (χ0n) is 10.3. The minimum absolute atomic E-state index is 0.945. The molecule has 0 bridgehead atoms. The third-order valence-corrected chi connectivity index (χ3v) is 2.77. The number of hydrogen-bond donors (Lipinski definition) is 1. The van der Waals surface area contributed by atoms with Gasteiger partial charge >= 0.3 is 0 Å². The first-order valence-corrected chi connectivity index (χ1v) is 6.26. The fourth-order valence-corrected chi connectivity index (χ4v) is 1.87. The Balaban J connectivity index is 2.04. The van der Waals surface area contributed by atoms with Gasteiger partial charge in [-0.2, -0.15) is 0 Å². The summed E-state index contributed by atoms with van der Waals surface area (Å²) in [6.45, 7) is 4.21. The maximum atomic E-state index is 3.36. The van der Waals surface area contributed by atoms with Crippen LogP contribution in [-0.4, -0.2) is 13.1 Å². The van der Waals surface area contributed by atoms with E-state index in [9.17, 15) is 0 Å². The van der Waals surface area contributed by atoms with Gasteiger partial charge in [0.15, 0.2) is 0 Å². The van der Waals surface area contributed by atoms with Gasteiger partial charge in [-0.1, -0.05) is 55.5 Å². The molecular formula is C16H19N. The van der Waals surface area contributed by atoms with Gasteiger partial charge in [0.1, 0.15) is 0 Å². The molecule has 0 radical (unpaired) electrons. The first kappa shape index (κ1) is 11.9. The maximum absolute atomic E-state index is 3.36. The van der Waals surface area contributed by atoms with Gasteiger partial charge in [0.25, 0.3) is 0 Å². The highest BCUT2D eigenvalue weighted by molar-refractivity contribution is 5.84. The topological polar surface area (TPSA) is 12.0 Å². The van der Waals surface area contributed by atoms with E-state index < -0.39 is 0 Å². The summed E-state index contributed by atoms with van der Waals surface area (Å²) >= 11 is 0. The Morgan fingerprint density at radius 3 is 2.71 bits per heavy atom. The minimum atomic E-state index is 0.945. The molecule has 0 aliphatic carbocycles. The molecule has 0 saturated heterocycles. The van der Waals surface area contributed by atoms with E-state index in [4.69, 9.17) is 0 Å². The normalized spacial score (nSPS) is 11.4. The van der Waals surface area contributed by atoms with Gasteiger partial charge in [0, 0.05) is 6.54 Å². The van der Waals surface area contributed by atoms with E-state index in [0.29, 0.717) is 0 Å². The SMILES string of the molecule is CCCNCC=Cc1ccc2ccccc2c1.